The molecule has 1 aromatic carbocycles. The van der Waals surface area contributed by atoms with Crippen LogP contribution < -0.4 is 4.74 Å². The predicted octanol–water partition coefficient (Wildman–Crippen LogP) is 3.47. The maximum absolute atomic E-state index is 5.99. The quantitative estimate of drug-likeness (QED) is 0.788. The molecule has 2 rings (SSSR count). The summed E-state index contributed by atoms with van der Waals surface area (Å²) in [5.41, 5.74) is 0.910. The van der Waals surface area contributed by atoms with E-state index in [1.165, 1.54) is 0 Å². The van der Waals surface area contributed by atoms with E-state index < -0.39 is 0 Å². The van der Waals surface area contributed by atoms with Gasteiger partial charge in [-0.15, -0.1) is 5.10 Å². The second-order valence-electron chi connectivity index (χ2n) is 3.80. The summed E-state index contributed by atoms with van der Waals surface area (Å²) in [6.07, 6.45) is 1.90. The minimum Gasteiger partial charge on any atom is -0.490 e. The van der Waals surface area contributed by atoms with Crippen LogP contribution in [-0.4, -0.2) is 21.6 Å². The maximum Gasteiger partial charge on any atom is 0.137 e. The summed E-state index contributed by atoms with van der Waals surface area (Å²) < 4.78 is 7.33. The molecule has 1 atom stereocenters. The van der Waals surface area contributed by atoms with Crippen LogP contribution >= 0.6 is 27.5 Å². The molecule has 0 aliphatic rings. The molecular weight excluding hydrogens is 318 g/mol. The summed E-state index contributed by atoms with van der Waals surface area (Å²) in [7, 11) is 0. The van der Waals surface area contributed by atoms with Crippen LogP contribution in [0.2, 0.25) is 5.02 Å². The molecule has 0 fully saturated rings. The summed E-state index contributed by atoms with van der Waals surface area (Å²) in [6, 6.07) is 7.41. The Morgan fingerprint density at radius 1 is 1.44 bits per heavy atom. The topological polar surface area (TPSA) is 39.9 Å². The highest BCUT2D eigenvalue weighted by molar-refractivity contribution is 9.09. The molecule has 1 aromatic heterocycles. The van der Waals surface area contributed by atoms with E-state index in [-0.39, 0.29) is 4.83 Å². The molecule has 4 nitrogen and oxygen atoms in total. The van der Waals surface area contributed by atoms with Crippen LogP contribution in [0.1, 0.15) is 17.4 Å². The zero-order chi connectivity index (χ0) is 13.0. The summed E-state index contributed by atoms with van der Waals surface area (Å²) in [5, 5.41) is 8.67. The Morgan fingerprint density at radius 3 is 2.89 bits per heavy atom. The van der Waals surface area contributed by atoms with Crippen molar-refractivity contribution in [1.29, 1.82) is 0 Å². The molecular formula is C12H13BrClN3O. The first kappa shape index (κ1) is 13.4. The lowest BCUT2D eigenvalue weighted by Crippen LogP contribution is -2.08. The fourth-order valence-electron chi connectivity index (χ4n) is 1.42. The van der Waals surface area contributed by atoms with Gasteiger partial charge in [0, 0.05) is 6.20 Å². The first-order chi connectivity index (χ1) is 8.66. The highest BCUT2D eigenvalue weighted by atomic mass is 79.9. The molecule has 96 valence electrons. The van der Waals surface area contributed by atoms with Crippen LogP contribution in [0, 0.1) is 0 Å². The number of rotatable bonds is 5. The van der Waals surface area contributed by atoms with Crippen LogP contribution in [0.15, 0.2) is 30.5 Å². The second-order valence-corrected chi connectivity index (χ2v) is 5.58. The summed E-state index contributed by atoms with van der Waals surface area (Å²) in [4.78, 5) is 0.204. The Bertz CT molecular complexity index is 516. The number of aromatic nitrogens is 3. The molecule has 0 saturated heterocycles. The lowest BCUT2D eigenvalue weighted by molar-refractivity contribution is 0.290. The standard InChI is InChI=1S/C12H13BrClN3O/c1-9(13)11-8-17(16-15-11)6-7-18-12-5-3-2-4-10(12)14/h2-5,8-9H,6-7H2,1H3. The van der Waals surface area contributed by atoms with Gasteiger partial charge in [-0.05, 0) is 19.1 Å². The molecule has 1 heterocycles. The second kappa shape index (κ2) is 6.20. The number of ether oxygens (including phenoxy) is 1. The Labute approximate surface area is 119 Å². The van der Waals surface area contributed by atoms with E-state index in [2.05, 4.69) is 26.2 Å². The number of alkyl halides is 1. The van der Waals surface area contributed by atoms with Crippen molar-refractivity contribution in [3.8, 4) is 5.75 Å². The highest BCUT2D eigenvalue weighted by Crippen LogP contribution is 2.23. The monoisotopic (exact) mass is 329 g/mol. The predicted molar refractivity (Wildman–Crippen MR) is 74.3 cm³/mol. The van der Waals surface area contributed by atoms with E-state index in [9.17, 15) is 0 Å². The van der Waals surface area contributed by atoms with Crippen molar-refractivity contribution in [2.75, 3.05) is 6.61 Å². The van der Waals surface area contributed by atoms with Gasteiger partial charge >= 0.3 is 0 Å². The van der Waals surface area contributed by atoms with Crippen molar-refractivity contribution in [2.45, 2.75) is 18.3 Å². The van der Waals surface area contributed by atoms with Crippen LogP contribution in [-0.2, 0) is 6.54 Å². The Morgan fingerprint density at radius 2 is 2.22 bits per heavy atom. The molecule has 0 spiro atoms. The number of benzene rings is 1. The molecule has 0 aliphatic carbocycles. The van der Waals surface area contributed by atoms with Crippen molar-refractivity contribution in [3.05, 3.63) is 41.2 Å². The largest absolute Gasteiger partial charge is 0.490 e. The number of nitrogens with zero attached hydrogens (tertiary/aromatic N) is 3. The maximum atomic E-state index is 5.99. The molecule has 0 saturated carbocycles. The molecule has 0 bridgehead atoms. The van der Waals surface area contributed by atoms with Gasteiger partial charge in [0.2, 0.25) is 0 Å². The van der Waals surface area contributed by atoms with Gasteiger partial charge in [0.25, 0.3) is 0 Å². The highest BCUT2D eigenvalue weighted by Gasteiger charge is 2.06. The van der Waals surface area contributed by atoms with E-state index >= 15 is 0 Å². The van der Waals surface area contributed by atoms with E-state index in [4.69, 9.17) is 16.3 Å². The van der Waals surface area contributed by atoms with Gasteiger partial charge in [0.1, 0.15) is 12.4 Å². The fourth-order valence-corrected chi connectivity index (χ4v) is 1.82. The van der Waals surface area contributed by atoms with Crippen molar-refractivity contribution < 1.29 is 4.74 Å². The van der Waals surface area contributed by atoms with Crippen LogP contribution in [0.25, 0.3) is 0 Å². The van der Waals surface area contributed by atoms with Crippen molar-refractivity contribution >= 4 is 27.5 Å². The van der Waals surface area contributed by atoms with Crippen LogP contribution in [0.3, 0.4) is 0 Å². The summed E-state index contributed by atoms with van der Waals surface area (Å²) in [5.74, 6) is 0.688. The van der Waals surface area contributed by atoms with Crippen LogP contribution in [0.4, 0.5) is 0 Å². The van der Waals surface area contributed by atoms with Gasteiger partial charge in [-0.1, -0.05) is 44.9 Å². The average Bonchev–Trinajstić information content (AvgIpc) is 2.80. The van der Waals surface area contributed by atoms with Gasteiger partial charge < -0.3 is 4.74 Å². The minimum absolute atomic E-state index is 0.204. The smallest absolute Gasteiger partial charge is 0.137 e. The number of hydrogen-bond donors (Lipinski definition) is 0. The SMILES string of the molecule is CC(Br)c1cn(CCOc2ccccc2Cl)nn1. The van der Waals surface area contributed by atoms with Gasteiger partial charge in [0.15, 0.2) is 0 Å². The van der Waals surface area contributed by atoms with Gasteiger partial charge in [-0.25, -0.2) is 4.68 Å². The van der Waals surface area contributed by atoms with Crippen molar-refractivity contribution in [1.82, 2.24) is 15.0 Å². The first-order valence-electron chi connectivity index (χ1n) is 5.58. The Balaban J connectivity index is 1.87. The fraction of sp³-hybridized carbons (Fsp3) is 0.333. The van der Waals surface area contributed by atoms with E-state index in [0.29, 0.717) is 23.9 Å². The van der Waals surface area contributed by atoms with Gasteiger partial charge in [-0.3, -0.25) is 0 Å². The van der Waals surface area contributed by atoms with Crippen molar-refractivity contribution in [3.63, 3.8) is 0 Å². The summed E-state index contributed by atoms with van der Waals surface area (Å²) >= 11 is 9.43. The average molecular weight is 331 g/mol. The third-order valence-electron chi connectivity index (χ3n) is 2.38. The molecule has 0 N–H and O–H groups in total. The normalized spacial score (nSPS) is 12.4. The Kier molecular flexibility index (Phi) is 4.60. The minimum atomic E-state index is 0.204. The molecule has 2 aromatic rings. The van der Waals surface area contributed by atoms with Gasteiger partial charge in [-0.2, -0.15) is 0 Å². The molecule has 1 unspecified atom stereocenters. The van der Waals surface area contributed by atoms with E-state index in [1.54, 1.807) is 10.7 Å². The zero-order valence-corrected chi connectivity index (χ0v) is 12.2. The van der Waals surface area contributed by atoms with E-state index in [1.807, 2.05) is 31.3 Å². The van der Waals surface area contributed by atoms with Crippen molar-refractivity contribution in [2.24, 2.45) is 0 Å². The molecule has 0 radical (unpaired) electrons. The van der Waals surface area contributed by atoms with E-state index in [0.717, 1.165) is 5.69 Å². The molecule has 6 heteroatoms. The zero-order valence-electron chi connectivity index (χ0n) is 9.88. The molecule has 0 amide bonds. The number of halogens is 2. The third kappa shape index (κ3) is 3.46. The number of para-hydroxylation sites is 1. The molecule has 0 aliphatic heterocycles. The third-order valence-corrected chi connectivity index (χ3v) is 3.16. The summed E-state index contributed by atoms with van der Waals surface area (Å²) in [6.45, 7) is 3.15. The lowest BCUT2D eigenvalue weighted by Gasteiger charge is -2.07. The Hall–Kier alpha value is -1.07. The lowest BCUT2D eigenvalue weighted by atomic mass is 10.3. The first-order valence-corrected chi connectivity index (χ1v) is 6.87. The van der Waals surface area contributed by atoms with Gasteiger partial charge in [0.05, 0.1) is 22.1 Å². The van der Waals surface area contributed by atoms with Crippen LogP contribution in [0.5, 0.6) is 5.75 Å². The number of hydrogen-bond acceptors (Lipinski definition) is 3. The molecule has 18 heavy (non-hydrogen) atoms.